The van der Waals surface area contributed by atoms with Gasteiger partial charge in [0.25, 0.3) is 0 Å². The Kier molecular flexibility index (Phi) is 14.1. The molecule has 0 heterocycles. The summed E-state index contributed by atoms with van der Waals surface area (Å²) in [5.41, 5.74) is 2.35. The third-order valence-corrected chi connectivity index (χ3v) is 6.33. The van der Waals surface area contributed by atoms with Gasteiger partial charge in [-0.1, -0.05) is 53.7 Å². The van der Waals surface area contributed by atoms with Crippen LogP contribution in [0.4, 0.5) is 4.79 Å². The molecule has 0 aliphatic carbocycles. The minimum atomic E-state index is -2.99. The maximum atomic E-state index is 11.4. The minimum absolute atomic E-state index is 0.0139. The summed E-state index contributed by atoms with van der Waals surface area (Å²) in [6, 6.07) is 4.10. The number of benzene rings is 1. The van der Waals surface area contributed by atoms with E-state index in [2.05, 4.69) is 41.5 Å². The first-order valence-corrected chi connectivity index (χ1v) is 14.7. The monoisotopic (exact) mass is 546 g/mol. The highest BCUT2D eigenvalue weighted by molar-refractivity contribution is 7.90. The van der Waals surface area contributed by atoms with Gasteiger partial charge in [-0.15, -0.1) is 0 Å². The number of carbonyl (C=O) groups is 1. The van der Waals surface area contributed by atoms with E-state index in [9.17, 15) is 18.3 Å². The van der Waals surface area contributed by atoms with Gasteiger partial charge in [-0.25, -0.2) is 13.2 Å². The predicted molar refractivity (Wildman–Crippen MR) is 144 cm³/mol. The fourth-order valence-electron chi connectivity index (χ4n) is 3.49. The van der Waals surface area contributed by atoms with Crippen LogP contribution < -0.4 is 4.74 Å². The van der Waals surface area contributed by atoms with Gasteiger partial charge < -0.3 is 28.8 Å². The van der Waals surface area contributed by atoms with Crippen molar-refractivity contribution >= 4 is 16.0 Å². The van der Waals surface area contributed by atoms with E-state index in [0.29, 0.717) is 52.0 Å². The largest absolute Gasteiger partial charge is 0.511 e. The van der Waals surface area contributed by atoms with Gasteiger partial charge in [0, 0.05) is 24.0 Å². The van der Waals surface area contributed by atoms with E-state index in [1.165, 1.54) is 6.26 Å². The van der Waals surface area contributed by atoms with Crippen LogP contribution >= 0.6 is 0 Å². The molecule has 1 rings (SSSR count). The van der Waals surface area contributed by atoms with Crippen molar-refractivity contribution in [1.29, 1.82) is 0 Å². The third kappa shape index (κ3) is 14.7. The number of hydrogen-bond acceptors (Lipinski definition) is 8. The summed E-state index contributed by atoms with van der Waals surface area (Å²) < 4.78 is 49.0. The summed E-state index contributed by atoms with van der Waals surface area (Å²) in [7, 11) is -2.99. The lowest BCUT2D eigenvalue weighted by Crippen LogP contribution is -2.22. The molecule has 0 fully saturated rings. The van der Waals surface area contributed by atoms with Crippen molar-refractivity contribution in [2.24, 2.45) is 0 Å². The summed E-state index contributed by atoms with van der Waals surface area (Å²) in [5.74, 6) is 0.452. The number of hydrogen-bond donors (Lipinski definition) is 1. The SMILES string of the molecule is CC(C)(C)c1cc(CCCOCCOCCOCCOCCS(C)(=O)=O)cc(C(C)(C)C)c1OC(=O)O. The van der Waals surface area contributed by atoms with Crippen LogP contribution in [0.1, 0.15) is 64.7 Å². The quantitative estimate of drug-likeness (QED) is 0.172. The summed E-state index contributed by atoms with van der Waals surface area (Å²) in [5, 5.41) is 9.31. The van der Waals surface area contributed by atoms with Crippen molar-refractivity contribution in [3.63, 3.8) is 0 Å². The molecule has 10 heteroatoms. The van der Waals surface area contributed by atoms with Crippen LogP contribution in [-0.2, 0) is 46.0 Å². The normalized spacial score (nSPS) is 12.6. The fraction of sp³-hybridized carbons (Fsp3) is 0.741. The third-order valence-electron chi connectivity index (χ3n) is 5.42. The molecule has 0 unspecified atom stereocenters. The van der Waals surface area contributed by atoms with Crippen molar-refractivity contribution in [3.8, 4) is 5.75 Å². The lowest BCUT2D eigenvalue weighted by atomic mass is 9.78. The molecule has 214 valence electrons. The first-order valence-electron chi connectivity index (χ1n) is 12.7. The number of rotatable bonds is 17. The zero-order valence-electron chi connectivity index (χ0n) is 23.6. The molecule has 0 spiro atoms. The lowest BCUT2D eigenvalue weighted by Gasteiger charge is -2.29. The van der Waals surface area contributed by atoms with Crippen molar-refractivity contribution in [2.45, 2.75) is 65.2 Å². The first-order chi connectivity index (χ1) is 17.1. The summed E-state index contributed by atoms with van der Waals surface area (Å²) >= 11 is 0. The van der Waals surface area contributed by atoms with Crippen LogP contribution in [0.15, 0.2) is 12.1 Å². The average Bonchev–Trinajstić information content (AvgIpc) is 2.74. The van der Waals surface area contributed by atoms with Crippen molar-refractivity contribution in [3.05, 3.63) is 28.8 Å². The lowest BCUT2D eigenvalue weighted by molar-refractivity contribution is -0.000493. The Hall–Kier alpha value is -1.72. The van der Waals surface area contributed by atoms with E-state index in [1.54, 1.807) is 0 Å². The van der Waals surface area contributed by atoms with E-state index in [-0.39, 0.29) is 23.2 Å². The predicted octanol–water partition coefficient (Wildman–Crippen LogP) is 4.38. The van der Waals surface area contributed by atoms with E-state index < -0.39 is 16.0 Å². The Morgan fingerprint density at radius 3 is 1.54 bits per heavy atom. The maximum absolute atomic E-state index is 11.4. The molecule has 0 aliphatic rings. The second-order valence-electron chi connectivity index (χ2n) is 11.1. The zero-order chi connectivity index (χ0) is 28.1. The standard InChI is InChI=1S/C27H46O9S/c1-26(2,3)22-19-21(20-23(27(4,5)6)24(22)36-25(28)29)9-8-10-32-11-12-33-13-14-34-15-16-35-17-18-37(7,30)31/h19-20H,8-18H2,1-7H3,(H,28,29). The Labute approximate surface area is 222 Å². The molecule has 0 radical (unpaired) electrons. The summed E-state index contributed by atoms with van der Waals surface area (Å²) in [6.07, 6.45) is 1.51. The minimum Gasteiger partial charge on any atom is -0.449 e. The first kappa shape index (κ1) is 33.3. The average molecular weight is 547 g/mol. The van der Waals surface area contributed by atoms with E-state index in [1.807, 2.05) is 12.1 Å². The Bertz CT molecular complexity index is 893. The van der Waals surface area contributed by atoms with Crippen LogP contribution in [0.3, 0.4) is 0 Å². The topological polar surface area (TPSA) is 118 Å². The molecule has 0 saturated carbocycles. The van der Waals surface area contributed by atoms with Crippen LogP contribution in [0, 0.1) is 0 Å². The number of sulfone groups is 1. The molecular formula is C27H46O9S. The second-order valence-corrected chi connectivity index (χ2v) is 13.3. The highest BCUT2D eigenvalue weighted by atomic mass is 32.2. The highest BCUT2D eigenvalue weighted by Crippen LogP contribution is 2.41. The molecule has 1 N–H and O–H groups in total. The molecule has 1 aromatic carbocycles. The summed E-state index contributed by atoms with van der Waals surface area (Å²) in [4.78, 5) is 11.4. The van der Waals surface area contributed by atoms with Crippen molar-refractivity contribution < 1.29 is 42.0 Å². The number of aryl methyl sites for hydroxylation is 1. The van der Waals surface area contributed by atoms with E-state index in [0.717, 1.165) is 29.5 Å². The highest BCUT2D eigenvalue weighted by Gasteiger charge is 2.29. The number of ether oxygens (including phenoxy) is 5. The van der Waals surface area contributed by atoms with Gasteiger partial charge in [-0.2, -0.15) is 0 Å². The number of carboxylic acid groups (broad SMARTS) is 1. The fourth-order valence-corrected chi connectivity index (χ4v) is 3.92. The van der Waals surface area contributed by atoms with Gasteiger partial charge in [0.15, 0.2) is 0 Å². The van der Waals surface area contributed by atoms with Crippen LogP contribution in [0.25, 0.3) is 0 Å². The molecule has 0 bridgehead atoms. The Morgan fingerprint density at radius 2 is 1.16 bits per heavy atom. The van der Waals surface area contributed by atoms with Crippen LogP contribution in [0.2, 0.25) is 0 Å². The Morgan fingerprint density at radius 1 is 0.757 bits per heavy atom. The zero-order valence-corrected chi connectivity index (χ0v) is 24.4. The second kappa shape index (κ2) is 15.6. The van der Waals surface area contributed by atoms with Gasteiger partial charge in [0.2, 0.25) is 0 Å². The van der Waals surface area contributed by atoms with Gasteiger partial charge in [-0.05, 0) is 29.2 Å². The van der Waals surface area contributed by atoms with Gasteiger partial charge in [0.1, 0.15) is 15.6 Å². The molecule has 1 aromatic rings. The van der Waals surface area contributed by atoms with Crippen molar-refractivity contribution in [2.75, 3.05) is 64.9 Å². The molecule has 9 nitrogen and oxygen atoms in total. The van der Waals surface area contributed by atoms with Crippen LogP contribution in [0.5, 0.6) is 5.75 Å². The molecular weight excluding hydrogens is 500 g/mol. The van der Waals surface area contributed by atoms with Gasteiger partial charge in [0.05, 0.1) is 52.0 Å². The van der Waals surface area contributed by atoms with Crippen molar-refractivity contribution in [1.82, 2.24) is 0 Å². The molecule has 37 heavy (non-hydrogen) atoms. The molecule has 0 saturated heterocycles. The Balaban J connectivity index is 2.35. The summed E-state index contributed by atoms with van der Waals surface area (Å²) in [6.45, 7) is 15.7. The molecule has 0 aromatic heterocycles. The van der Waals surface area contributed by atoms with E-state index in [4.69, 9.17) is 23.7 Å². The maximum Gasteiger partial charge on any atom is 0.511 e. The molecule has 0 amide bonds. The van der Waals surface area contributed by atoms with Gasteiger partial charge in [-0.3, -0.25) is 0 Å². The van der Waals surface area contributed by atoms with Gasteiger partial charge >= 0.3 is 6.16 Å². The molecule has 0 atom stereocenters. The smallest absolute Gasteiger partial charge is 0.449 e. The van der Waals surface area contributed by atoms with E-state index >= 15 is 0 Å². The molecule has 0 aliphatic heterocycles. The van der Waals surface area contributed by atoms with Crippen LogP contribution in [-0.4, -0.2) is 84.5 Å².